The first-order chi connectivity index (χ1) is 9.40. The molecule has 0 N–H and O–H groups in total. The van der Waals surface area contributed by atoms with E-state index < -0.39 is 0 Å². The minimum absolute atomic E-state index is 0.107. The molecule has 0 aliphatic heterocycles. The zero-order chi connectivity index (χ0) is 14.9. The predicted octanol–water partition coefficient (Wildman–Crippen LogP) is 2.72. The van der Waals surface area contributed by atoms with Crippen molar-refractivity contribution in [2.24, 2.45) is 23.7 Å². The molecular weight excluding hydrogens is 256 g/mol. The van der Waals surface area contributed by atoms with Crippen LogP contribution in [0.1, 0.15) is 40.5 Å². The topological polar surface area (TPSA) is 52.6 Å². The van der Waals surface area contributed by atoms with Gasteiger partial charge in [-0.25, -0.2) is 0 Å². The summed E-state index contributed by atoms with van der Waals surface area (Å²) in [5, 5.41) is 0. The van der Waals surface area contributed by atoms with E-state index in [9.17, 15) is 9.59 Å². The molecule has 3 aliphatic rings. The fourth-order valence-corrected chi connectivity index (χ4v) is 3.26. The minimum atomic E-state index is -0.382. The summed E-state index contributed by atoms with van der Waals surface area (Å²) in [6.07, 6.45) is 5.72. The van der Waals surface area contributed by atoms with Crippen molar-refractivity contribution in [1.29, 1.82) is 0 Å². The van der Waals surface area contributed by atoms with Gasteiger partial charge in [-0.1, -0.05) is 12.2 Å². The van der Waals surface area contributed by atoms with Gasteiger partial charge in [0.25, 0.3) is 0 Å². The van der Waals surface area contributed by atoms with Gasteiger partial charge in [0.05, 0.1) is 24.0 Å². The maximum atomic E-state index is 12.3. The second kappa shape index (κ2) is 5.98. The Kier molecular flexibility index (Phi) is 4.51. The third-order valence-electron chi connectivity index (χ3n) is 4.00. The second-order valence-electron chi connectivity index (χ2n) is 6.31. The average Bonchev–Trinajstić information content (AvgIpc) is 2.37. The van der Waals surface area contributed by atoms with E-state index in [2.05, 4.69) is 12.2 Å². The van der Waals surface area contributed by atoms with Crippen LogP contribution < -0.4 is 0 Å². The van der Waals surface area contributed by atoms with Gasteiger partial charge < -0.3 is 9.47 Å². The Morgan fingerprint density at radius 3 is 1.45 bits per heavy atom. The molecule has 0 aromatic heterocycles. The SMILES string of the molecule is CC(C)OC(=O)C1C2C=CC(CC2)C1C(=O)OC(C)C. The summed E-state index contributed by atoms with van der Waals surface area (Å²) >= 11 is 0. The van der Waals surface area contributed by atoms with Gasteiger partial charge in [0.15, 0.2) is 0 Å². The van der Waals surface area contributed by atoms with Crippen LogP contribution in [0.5, 0.6) is 0 Å². The molecule has 3 aliphatic carbocycles. The standard InChI is InChI=1S/C16H24O4/c1-9(2)19-15(17)13-11-5-7-12(8-6-11)14(13)16(18)20-10(3)4/h5,7,9-14H,6,8H2,1-4H3. The van der Waals surface area contributed by atoms with Crippen molar-refractivity contribution in [3.63, 3.8) is 0 Å². The summed E-state index contributed by atoms with van der Waals surface area (Å²) in [6, 6.07) is 0. The van der Waals surface area contributed by atoms with Crippen LogP contribution in [-0.2, 0) is 19.1 Å². The Balaban J connectivity index is 2.19. The minimum Gasteiger partial charge on any atom is -0.463 e. The fraction of sp³-hybridized carbons (Fsp3) is 0.750. The van der Waals surface area contributed by atoms with E-state index in [1.54, 1.807) is 0 Å². The van der Waals surface area contributed by atoms with E-state index in [1.165, 1.54) is 0 Å². The molecule has 112 valence electrons. The molecule has 2 bridgehead atoms. The monoisotopic (exact) mass is 280 g/mol. The summed E-state index contributed by atoms with van der Waals surface area (Å²) < 4.78 is 10.7. The third-order valence-corrected chi connectivity index (χ3v) is 4.00. The van der Waals surface area contributed by atoms with Crippen LogP contribution in [0.2, 0.25) is 0 Å². The Morgan fingerprint density at radius 2 is 1.20 bits per heavy atom. The number of carbonyl (C=O) groups excluding carboxylic acids is 2. The normalized spacial score (nSPS) is 31.7. The zero-order valence-corrected chi connectivity index (χ0v) is 12.7. The van der Waals surface area contributed by atoms with E-state index in [0.717, 1.165) is 12.8 Å². The number of rotatable bonds is 4. The quantitative estimate of drug-likeness (QED) is 0.587. The van der Waals surface area contributed by atoms with Crippen LogP contribution >= 0.6 is 0 Å². The molecule has 1 fully saturated rings. The molecule has 20 heavy (non-hydrogen) atoms. The van der Waals surface area contributed by atoms with Gasteiger partial charge in [-0.15, -0.1) is 0 Å². The third kappa shape index (κ3) is 3.05. The number of ether oxygens (including phenoxy) is 2. The van der Waals surface area contributed by atoms with Crippen molar-refractivity contribution in [3.8, 4) is 0 Å². The lowest BCUT2D eigenvalue weighted by Gasteiger charge is -2.42. The smallest absolute Gasteiger partial charge is 0.310 e. The number of carbonyl (C=O) groups is 2. The van der Waals surface area contributed by atoms with Gasteiger partial charge >= 0.3 is 11.9 Å². The molecule has 4 nitrogen and oxygen atoms in total. The molecule has 0 aromatic carbocycles. The van der Waals surface area contributed by atoms with Crippen LogP contribution in [0.4, 0.5) is 0 Å². The second-order valence-corrected chi connectivity index (χ2v) is 6.31. The van der Waals surface area contributed by atoms with Crippen LogP contribution in [0.25, 0.3) is 0 Å². The lowest BCUT2D eigenvalue weighted by Crippen LogP contribution is -2.47. The van der Waals surface area contributed by atoms with Crippen molar-refractivity contribution in [2.75, 3.05) is 0 Å². The first-order valence-corrected chi connectivity index (χ1v) is 7.49. The molecule has 0 heterocycles. The highest BCUT2D eigenvalue weighted by Gasteiger charge is 2.49. The maximum Gasteiger partial charge on any atom is 0.310 e. The molecule has 4 unspecified atom stereocenters. The molecule has 4 heteroatoms. The van der Waals surface area contributed by atoms with Crippen molar-refractivity contribution in [1.82, 2.24) is 0 Å². The predicted molar refractivity (Wildman–Crippen MR) is 74.8 cm³/mol. The van der Waals surface area contributed by atoms with Gasteiger partial charge in [0, 0.05) is 0 Å². The average molecular weight is 280 g/mol. The molecule has 0 spiro atoms. The van der Waals surface area contributed by atoms with Crippen molar-refractivity contribution in [2.45, 2.75) is 52.7 Å². The van der Waals surface area contributed by atoms with Crippen LogP contribution in [-0.4, -0.2) is 24.1 Å². The van der Waals surface area contributed by atoms with Crippen LogP contribution in [0, 0.1) is 23.7 Å². The molecule has 0 radical (unpaired) electrons. The first kappa shape index (κ1) is 15.1. The zero-order valence-electron chi connectivity index (χ0n) is 12.7. The van der Waals surface area contributed by atoms with Gasteiger partial charge in [0.1, 0.15) is 0 Å². The summed E-state index contributed by atoms with van der Waals surface area (Å²) in [6.45, 7) is 7.32. The number of hydrogen-bond donors (Lipinski definition) is 0. The molecule has 0 saturated heterocycles. The summed E-state index contributed by atoms with van der Waals surface area (Å²) in [7, 11) is 0. The Morgan fingerprint density at radius 1 is 0.850 bits per heavy atom. The summed E-state index contributed by atoms with van der Waals surface area (Å²) in [5.74, 6) is -1.07. The highest BCUT2D eigenvalue weighted by atomic mass is 16.6. The van der Waals surface area contributed by atoms with Crippen molar-refractivity contribution in [3.05, 3.63) is 12.2 Å². The van der Waals surface area contributed by atoms with Crippen molar-refractivity contribution < 1.29 is 19.1 Å². The molecule has 4 atom stereocenters. The Bertz CT molecular complexity index is 373. The lowest BCUT2D eigenvalue weighted by atomic mass is 9.62. The van der Waals surface area contributed by atoms with E-state index in [0.29, 0.717) is 0 Å². The Hall–Kier alpha value is -1.32. The van der Waals surface area contributed by atoms with Crippen LogP contribution in [0.3, 0.4) is 0 Å². The van der Waals surface area contributed by atoms with Gasteiger partial charge in [-0.3, -0.25) is 9.59 Å². The highest BCUT2D eigenvalue weighted by Crippen LogP contribution is 2.46. The Labute approximate surface area is 120 Å². The van der Waals surface area contributed by atoms with E-state index in [4.69, 9.17) is 9.47 Å². The molecular formula is C16H24O4. The number of esters is 2. The summed E-state index contributed by atoms with van der Waals surface area (Å²) in [4.78, 5) is 24.7. The number of allylic oxidation sites excluding steroid dienone is 2. The lowest BCUT2D eigenvalue weighted by molar-refractivity contribution is -0.171. The maximum absolute atomic E-state index is 12.3. The van der Waals surface area contributed by atoms with Gasteiger partial charge in [-0.05, 0) is 52.4 Å². The summed E-state index contributed by atoms with van der Waals surface area (Å²) in [5.41, 5.74) is 0. The van der Waals surface area contributed by atoms with Gasteiger partial charge in [0.2, 0.25) is 0 Å². The van der Waals surface area contributed by atoms with Gasteiger partial charge in [-0.2, -0.15) is 0 Å². The molecule has 3 rings (SSSR count). The number of hydrogen-bond acceptors (Lipinski definition) is 4. The van der Waals surface area contributed by atoms with Crippen molar-refractivity contribution >= 4 is 11.9 Å². The van der Waals surface area contributed by atoms with E-state index >= 15 is 0 Å². The number of fused-ring (bicyclic) bond motifs is 2. The molecule has 0 amide bonds. The molecule has 1 saturated carbocycles. The fourth-order valence-electron chi connectivity index (χ4n) is 3.26. The van der Waals surface area contributed by atoms with E-state index in [1.807, 2.05) is 27.7 Å². The van der Waals surface area contributed by atoms with Crippen LogP contribution in [0.15, 0.2) is 12.2 Å². The highest BCUT2D eigenvalue weighted by molar-refractivity contribution is 5.84. The first-order valence-electron chi connectivity index (χ1n) is 7.49. The largest absolute Gasteiger partial charge is 0.463 e. The molecule has 0 aromatic rings. The van der Waals surface area contributed by atoms with E-state index in [-0.39, 0.29) is 47.8 Å².